The Balaban J connectivity index is 1.45. The molecule has 0 unspecified atom stereocenters. The zero-order chi connectivity index (χ0) is 20.7. The Labute approximate surface area is 171 Å². The van der Waals surface area contributed by atoms with E-state index in [4.69, 9.17) is 14.2 Å². The van der Waals surface area contributed by atoms with Crippen molar-refractivity contribution in [1.82, 2.24) is 14.2 Å². The van der Waals surface area contributed by atoms with E-state index < -0.39 is 6.10 Å². The molecule has 30 heavy (non-hydrogen) atoms. The molecule has 0 radical (unpaired) electrons. The minimum Gasteiger partial charge on any atom is -0.497 e. The molecule has 0 saturated heterocycles. The maximum absolute atomic E-state index is 13.0. The highest BCUT2D eigenvalue weighted by Crippen LogP contribution is 2.34. The van der Waals surface area contributed by atoms with Crippen LogP contribution in [0.5, 0.6) is 17.2 Å². The van der Waals surface area contributed by atoms with E-state index in [0.717, 1.165) is 5.56 Å². The Bertz CT molecular complexity index is 1290. The number of hydrogen-bond acceptors (Lipinski definition) is 6. The number of nitrogens with zero attached hydrogens (tertiary/aromatic N) is 3. The SMILES string of the molecule is COc1cccc(-c2cc3c(=O)n(C[C@@H](O)c4ccc5c(c4)OCO5)ccn3n2)c1. The second-order valence-corrected chi connectivity index (χ2v) is 6.98. The molecule has 1 aliphatic rings. The number of methoxy groups -OCH3 is 1. The van der Waals surface area contributed by atoms with E-state index in [1.54, 1.807) is 48.3 Å². The van der Waals surface area contributed by atoms with Gasteiger partial charge in [0, 0.05) is 18.0 Å². The van der Waals surface area contributed by atoms with Gasteiger partial charge in [-0.3, -0.25) is 4.79 Å². The number of aliphatic hydroxyl groups excluding tert-OH is 1. The van der Waals surface area contributed by atoms with Gasteiger partial charge in [0.25, 0.3) is 5.56 Å². The van der Waals surface area contributed by atoms with Crippen LogP contribution in [0.15, 0.2) is 65.7 Å². The van der Waals surface area contributed by atoms with Crippen LogP contribution in [0.1, 0.15) is 11.7 Å². The number of ether oxygens (including phenoxy) is 3. The normalized spacial score (nSPS) is 13.5. The molecular weight excluding hydrogens is 386 g/mol. The van der Waals surface area contributed by atoms with Crippen LogP contribution in [0.2, 0.25) is 0 Å². The summed E-state index contributed by atoms with van der Waals surface area (Å²) in [4.78, 5) is 13.0. The van der Waals surface area contributed by atoms with E-state index in [9.17, 15) is 9.90 Å². The fraction of sp³-hybridized carbons (Fsp3) is 0.182. The molecule has 2 aromatic heterocycles. The fourth-order valence-electron chi connectivity index (χ4n) is 3.51. The van der Waals surface area contributed by atoms with Crippen molar-refractivity contribution in [3.8, 4) is 28.5 Å². The fourth-order valence-corrected chi connectivity index (χ4v) is 3.51. The molecule has 0 saturated carbocycles. The van der Waals surface area contributed by atoms with Gasteiger partial charge in [-0.15, -0.1) is 0 Å². The van der Waals surface area contributed by atoms with E-state index in [2.05, 4.69) is 5.10 Å². The van der Waals surface area contributed by atoms with Gasteiger partial charge in [0.2, 0.25) is 6.79 Å². The van der Waals surface area contributed by atoms with Crippen LogP contribution in [0.25, 0.3) is 16.8 Å². The van der Waals surface area contributed by atoms with Gasteiger partial charge in [0.05, 0.1) is 25.5 Å². The minimum absolute atomic E-state index is 0.106. The van der Waals surface area contributed by atoms with Gasteiger partial charge >= 0.3 is 0 Å². The van der Waals surface area contributed by atoms with E-state index in [1.165, 1.54) is 4.57 Å². The van der Waals surface area contributed by atoms with E-state index in [1.807, 2.05) is 24.3 Å². The first kappa shape index (κ1) is 18.3. The maximum Gasteiger partial charge on any atom is 0.276 e. The van der Waals surface area contributed by atoms with Crippen molar-refractivity contribution < 1.29 is 19.3 Å². The van der Waals surface area contributed by atoms with Crippen LogP contribution >= 0.6 is 0 Å². The molecular formula is C22H19N3O5. The van der Waals surface area contributed by atoms with Crippen LogP contribution in [-0.4, -0.2) is 33.2 Å². The first-order valence-electron chi connectivity index (χ1n) is 9.43. The van der Waals surface area contributed by atoms with Gasteiger partial charge in [0.1, 0.15) is 11.3 Å². The Kier molecular flexibility index (Phi) is 4.40. The average molecular weight is 405 g/mol. The highest BCUT2D eigenvalue weighted by Gasteiger charge is 2.18. The van der Waals surface area contributed by atoms with Gasteiger partial charge in [-0.25, -0.2) is 4.52 Å². The lowest BCUT2D eigenvalue weighted by Crippen LogP contribution is -2.24. The molecule has 4 aromatic rings. The number of rotatable bonds is 5. The average Bonchev–Trinajstić information content (AvgIpc) is 3.42. The smallest absolute Gasteiger partial charge is 0.276 e. The summed E-state index contributed by atoms with van der Waals surface area (Å²) in [5.41, 5.74) is 2.35. The van der Waals surface area contributed by atoms with Crippen molar-refractivity contribution in [1.29, 1.82) is 0 Å². The standard InChI is InChI=1S/C22H19N3O5/c1-28-16-4-2-3-14(9-16)17-11-18-22(27)24(7-8-25(18)23-17)12-19(26)15-5-6-20-21(10-15)30-13-29-20/h2-11,19,26H,12-13H2,1H3/t19-/m1/s1. The van der Waals surface area contributed by atoms with Gasteiger partial charge in [-0.1, -0.05) is 18.2 Å². The van der Waals surface area contributed by atoms with Crippen molar-refractivity contribution in [2.24, 2.45) is 0 Å². The molecule has 3 heterocycles. The molecule has 0 bridgehead atoms. The summed E-state index contributed by atoms with van der Waals surface area (Å²) in [6.07, 6.45) is 2.45. The molecule has 1 atom stereocenters. The highest BCUT2D eigenvalue weighted by atomic mass is 16.7. The predicted octanol–water partition coefficient (Wildman–Crippen LogP) is 2.63. The van der Waals surface area contributed by atoms with Crippen LogP contribution < -0.4 is 19.8 Å². The van der Waals surface area contributed by atoms with Crippen LogP contribution in [0.4, 0.5) is 0 Å². The monoisotopic (exact) mass is 405 g/mol. The molecule has 1 aliphatic heterocycles. The van der Waals surface area contributed by atoms with Crippen LogP contribution in [0.3, 0.4) is 0 Å². The van der Waals surface area contributed by atoms with Crippen molar-refractivity contribution >= 4 is 5.52 Å². The van der Waals surface area contributed by atoms with E-state index in [-0.39, 0.29) is 18.9 Å². The maximum atomic E-state index is 13.0. The van der Waals surface area contributed by atoms with Crippen molar-refractivity contribution in [2.75, 3.05) is 13.9 Å². The zero-order valence-corrected chi connectivity index (χ0v) is 16.2. The largest absolute Gasteiger partial charge is 0.497 e. The zero-order valence-electron chi connectivity index (χ0n) is 16.2. The number of benzene rings is 2. The van der Waals surface area contributed by atoms with Crippen LogP contribution in [-0.2, 0) is 6.54 Å². The summed E-state index contributed by atoms with van der Waals surface area (Å²) in [5.74, 6) is 1.95. The molecule has 0 fully saturated rings. The minimum atomic E-state index is -0.875. The molecule has 8 heteroatoms. The molecule has 5 rings (SSSR count). The third-order valence-electron chi connectivity index (χ3n) is 5.12. The van der Waals surface area contributed by atoms with Crippen molar-refractivity contribution in [3.63, 3.8) is 0 Å². The van der Waals surface area contributed by atoms with Crippen molar-refractivity contribution in [2.45, 2.75) is 12.6 Å². The number of fused-ring (bicyclic) bond motifs is 2. The molecule has 1 N–H and O–H groups in total. The van der Waals surface area contributed by atoms with E-state index in [0.29, 0.717) is 34.0 Å². The topological polar surface area (TPSA) is 87.2 Å². The highest BCUT2D eigenvalue weighted by molar-refractivity contribution is 5.66. The van der Waals surface area contributed by atoms with Gasteiger partial charge in [0.15, 0.2) is 11.5 Å². The Morgan fingerprint density at radius 2 is 2.00 bits per heavy atom. The first-order chi connectivity index (χ1) is 14.6. The van der Waals surface area contributed by atoms with E-state index >= 15 is 0 Å². The van der Waals surface area contributed by atoms with Gasteiger partial charge in [-0.05, 0) is 35.9 Å². The predicted molar refractivity (Wildman–Crippen MR) is 109 cm³/mol. The number of aromatic nitrogens is 3. The molecule has 0 aliphatic carbocycles. The summed E-state index contributed by atoms with van der Waals surface area (Å²) in [6, 6.07) is 14.5. The number of hydrogen-bond donors (Lipinski definition) is 1. The molecule has 0 amide bonds. The molecule has 152 valence electrons. The lowest BCUT2D eigenvalue weighted by atomic mass is 10.1. The lowest BCUT2D eigenvalue weighted by Gasteiger charge is -2.13. The Morgan fingerprint density at radius 3 is 2.87 bits per heavy atom. The van der Waals surface area contributed by atoms with Crippen LogP contribution in [0, 0.1) is 0 Å². The van der Waals surface area contributed by atoms with Crippen molar-refractivity contribution in [3.05, 3.63) is 76.8 Å². The summed E-state index contributed by atoms with van der Waals surface area (Å²) < 4.78 is 18.9. The molecule has 0 spiro atoms. The van der Waals surface area contributed by atoms with Gasteiger partial charge in [-0.2, -0.15) is 5.10 Å². The quantitative estimate of drug-likeness (QED) is 0.549. The third kappa shape index (κ3) is 3.17. The first-order valence-corrected chi connectivity index (χ1v) is 9.43. The van der Waals surface area contributed by atoms with Gasteiger partial charge < -0.3 is 23.9 Å². The Morgan fingerprint density at radius 1 is 1.13 bits per heavy atom. The lowest BCUT2D eigenvalue weighted by molar-refractivity contribution is 0.154. The summed E-state index contributed by atoms with van der Waals surface area (Å²) in [6.45, 7) is 0.274. The molecule has 8 nitrogen and oxygen atoms in total. The second kappa shape index (κ2) is 7.23. The second-order valence-electron chi connectivity index (χ2n) is 6.98. The Hall–Kier alpha value is -3.78. The summed E-state index contributed by atoms with van der Waals surface area (Å²) in [7, 11) is 1.60. The summed E-state index contributed by atoms with van der Waals surface area (Å²) in [5, 5.41) is 15.1. The third-order valence-corrected chi connectivity index (χ3v) is 5.12. The molecule has 2 aromatic carbocycles. The summed E-state index contributed by atoms with van der Waals surface area (Å²) >= 11 is 0. The number of aliphatic hydroxyl groups is 1.